The molecule has 0 radical (unpaired) electrons. The van der Waals surface area contributed by atoms with E-state index in [1.54, 1.807) is 17.0 Å². The quantitative estimate of drug-likeness (QED) is 0.0253. The first-order valence-corrected chi connectivity index (χ1v) is 28.5. The summed E-state index contributed by atoms with van der Waals surface area (Å²) in [5.74, 6) is 1.48. The molecule has 5 atom stereocenters. The molecular weight excluding hydrogens is 1060 g/mol. The maximum Gasteiger partial charge on any atom is 0.524 e. The third-order valence-electron chi connectivity index (χ3n) is 15.1. The molecule has 5 heterocycles. The zero-order valence-electron chi connectivity index (χ0n) is 44.1. The van der Waals surface area contributed by atoms with E-state index in [0.29, 0.717) is 60.6 Å². The van der Waals surface area contributed by atoms with E-state index in [4.69, 9.17) is 10.3 Å². The highest BCUT2D eigenvalue weighted by atomic mass is 31.2. The first-order chi connectivity index (χ1) is 38.9. The Hall–Kier alpha value is -8.64. The molecule has 4 aliphatic rings. The number of carbonyl (C=O) groups excluding carboxylic acids is 9. The van der Waals surface area contributed by atoms with Crippen LogP contribution >= 0.6 is 7.82 Å². The van der Waals surface area contributed by atoms with Crippen LogP contribution in [0, 0.1) is 11.8 Å². The van der Waals surface area contributed by atoms with Crippen molar-refractivity contribution in [1.82, 2.24) is 41.0 Å². The number of rotatable bonds is 19. The van der Waals surface area contributed by atoms with Gasteiger partial charge in [0.15, 0.2) is 0 Å². The van der Waals surface area contributed by atoms with E-state index in [9.17, 15) is 52.7 Å². The maximum atomic E-state index is 15.0. The van der Waals surface area contributed by atoms with E-state index in [-0.39, 0.29) is 87.3 Å². The van der Waals surface area contributed by atoms with E-state index in [1.165, 1.54) is 34.1 Å². The Bertz CT molecular complexity index is 3330. The number of piperidine rings is 1. The highest BCUT2D eigenvalue weighted by molar-refractivity contribution is 7.46. The van der Waals surface area contributed by atoms with Gasteiger partial charge in [0, 0.05) is 73.4 Å². The number of phosphoric acid groups is 1. The summed E-state index contributed by atoms with van der Waals surface area (Å²) >= 11 is 0. The van der Waals surface area contributed by atoms with Gasteiger partial charge in [-0.2, -0.15) is 0 Å². The highest BCUT2D eigenvalue weighted by Crippen LogP contribution is 2.39. The number of nitrogens with one attached hydrogen (secondary N) is 5. The molecule has 4 aromatic carbocycles. The SMILES string of the molecule is NC(=O)CCC(NC(=O)C1CCC2CCN(C(=O)CCCCCC#Cc3cccc4c3CN(C3CCC(=O)NC3=O)C4=O)CC(NC(=O)c3cc4cc(OP(=O)(O)O)ccc4[nH]3)C(=O)N21)C(=O)NC(c1ccccc1)c1ccccc1. The molecule has 9 amide bonds. The van der Waals surface area contributed by atoms with Gasteiger partial charge in [-0.05, 0) is 98.0 Å². The average molecular weight is 1120 g/mol. The Morgan fingerprint density at radius 1 is 0.827 bits per heavy atom. The van der Waals surface area contributed by atoms with Crippen LogP contribution < -0.4 is 31.5 Å². The predicted molar refractivity (Wildman–Crippen MR) is 293 cm³/mol. The van der Waals surface area contributed by atoms with E-state index in [2.05, 4.69) is 38.1 Å². The van der Waals surface area contributed by atoms with Crippen molar-refractivity contribution < 1.29 is 62.0 Å². The number of phosphoric ester groups is 1. The number of amides is 9. The number of nitrogens with two attached hydrogens (primary N) is 1. The molecule has 0 aliphatic carbocycles. The lowest BCUT2D eigenvalue weighted by Gasteiger charge is -2.39. The van der Waals surface area contributed by atoms with Crippen LogP contribution in [0.3, 0.4) is 0 Å². The van der Waals surface area contributed by atoms with E-state index >= 15 is 4.79 Å². The van der Waals surface area contributed by atoms with Gasteiger partial charge in [-0.15, -0.1) is 0 Å². The van der Waals surface area contributed by atoms with Crippen LogP contribution in [0.1, 0.15) is 126 Å². The van der Waals surface area contributed by atoms with Crippen LogP contribution in [0.5, 0.6) is 5.75 Å². The van der Waals surface area contributed by atoms with Crippen LogP contribution in [0.25, 0.3) is 10.9 Å². The second-order valence-electron chi connectivity index (χ2n) is 20.6. The van der Waals surface area contributed by atoms with Gasteiger partial charge in [0.2, 0.25) is 41.4 Å². The summed E-state index contributed by atoms with van der Waals surface area (Å²) in [5.41, 5.74) is 9.33. The number of H-pyrrole nitrogens is 1. The van der Waals surface area contributed by atoms with Crippen LogP contribution in [0.2, 0.25) is 0 Å². The number of imide groups is 1. The molecule has 0 bridgehead atoms. The first-order valence-electron chi connectivity index (χ1n) is 26.9. The van der Waals surface area contributed by atoms with Gasteiger partial charge in [0.1, 0.15) is 35.6 Å². The molecule has 5 unspecified atom stereocenters. The second-order valence-corrected chi connectivity index (χ2v) is 21.7. The topological polar surface area (TPSA) is 320 Å². The van der Waals surface area contributed by atoms with Crippen molar-refractivity contribution in [2.75, 3.05) is 13.1 Å². The normalized spacial score (nSPS) is 19.4. The fraction of sp³-hybridized carbons (Fsp3) is 0.362. The summed E-state index contributed by atoms with van der Waals surface area (Å²) in [6, 6.07) is 23.6. The first kappa shape index (κ1) is 57.1. The van der Waals surface area contributed by atoms with Gasteiger partial charge in [-0.1, -0.05) is 85.0 Å². The van der Waals surface area contributed by atoms with Crippen molar-refractivity contribution in [2.45, 2.75) is 120 Å². The summed E-state index contributed by atoms with van der Waals surface area (Å²) < 4.78 is 16.3. The Morgan fingerprint density at radius 2 is 1.57 bits per heavy atom. The predicted octanol–water partition coefficient (Wildman–Crippen LogP) is 3.75. The van der Waals surface area contributed by atoms with Crippen molar-refractivity contribution in [3.05, 3.63) is 137 Å². The molecule has 422 valence electrons. The Balaban J connectivity index is 0.875. The molecule has 23 heteroatoms. The van der Waals surface area contributed by atoms with Crippen LogP contribution in [0.15, 0.2) is 103 Å². The molecule has 5 aromatic rings. The number of hydrogen-bond acceptors (Lipinski definition) is 11. The minimum absolute atomic E-state index is 0.0200. The largest absolute Gasteiger partial charge is 0.524 e. The van der Waals surface area contributed by atoms with Crippen molar-refractivity contribution in [3.8, 4) is 17.6 Å². The molecule has 0 saturated carbocycles. The monoisotopic (exact) mass is 1120 g/mol. The minimum Gasteiger partial charge on any atom is -0.404 e. The number of aromatic nitrogens is 1. The lowest BCUT2D eigenvalue weighted by atomic mass is 9.98. The van der Waals surface area contributed by atoms with Crippen molar-refractivity contribution in [1.29, 1.82) is 0 Å². The summed E-state index contributed by atoms with van der Waals surface area (Å²) in [4.78, 5) is 148. The van der Waals surface area contributed by atoms with Crippen LogP contribution in [0.4, 0.5) is 0 Å². The number of primary amides is 1. The smallest absolute Gasteiger partial charge is 0.404 e. The Labute approximate surface area is 466 Å². The molecule has 3 fully saturated rings. The third kappa shape index (κ3) is 13.9. The summed E-state index contributed by atoms with van der Waals surface area (Å²) in [6.45, 7) is 0.134. The van der Waals surface area contributed by atoms with E-state index < -0.39 is 79.5 Å². The molecule has 81 heavy (non-hydrogen) atoms. The summed E-state index contributed by atoms with van der Waals surface area (Å²) in [6.07, 6.45) is 3.26. The second kappa shape index (κ2) is 25.2. The van der Waals surface area contributed by atoms with Gasteiger partial charge >= 0.3 is 7.82 Å². The van der Waals surface area contributed by atoms with E-state index in [1.807, 2.05) is 66.7 Å². The number of aromatic amines is 1. The molecule has 4 aliphatic heterocycles. The molecular formula is C58H62N9O13P. The van der Waals surface area contributed by atoms with Crippen molar-refractivity contribution >= 4 is 71.9 Å². The van der Waals surface area contributed by atoms with Crippen LogP contribution in [-0.4, -0.2) is 126 Å². The van der Waals surface area contributed by atoms with Gasteiger partial charge in [0.05, 0.1) is 6.04 Å². The summed E-state index contributed by atoms with van der Waals surface area (Å²) in [7, 11) is -4.90. The number of benzene rings is 4. The Kier molecular flexibility index (Phi) is 17.8. The lowest BCUT2D eigenvalue weighted by Crippen LogP contribution is -2.62. The molecule has 22 nitrogen and oxygen atoms in total. The van der Waals surface area contributed by atoms with Gasteiger partial charge in [-0.3, -0.25) is 58.3 Å². The standard InChI is InChI=1S/C58H62N9O13P/c59-49(68)27-24-44(53(71)64-52(36-14-7-4-8-15-36)37-16-9-5-10-17-37)61-56(74)48-25-21-39-29-30-65(34-46(58(76)67(39)48)62-54(72)45-32-38-31-40(80-81(77,78)79)22-23-43(38)60-45)51(70)20-11-3-1-2-6-13-35-18-12-19-41-42(35)33-66(57(41)75)47-26-28-50(69)63-55(47)73/h4-5,7-10,12,14-19,22-23,31-32,39,44,46-48,52,60H,1-3,11,20-21,24-30,33-34H2,(H2,59,68)(H,61,74)(H,62,72)(H,64,71)(H,63,69,73)(H2,77,78,79). The van der Waals surface area contributed by atoms with Crippen LogP contribution in [-0.2, 0) is 44.7 Å². The lowest BCUT2D eigenvalue weighted by molar-refractivity contribution is -0.145. The van der Waals surface area contributed by atoms with Crippen molar-refractivity contribution in [3.63, 3.8) is 0 Å². The third-order valence-corrected chi connectivity index (χ3v) is 15.5. The van der Waals surface area contributed by atoms with Crippen molar-refractivity contribution in [2.24, 2.45) is 5.73 Å². The van der Waals surface area contributed by atoms with E-state index in [0.717, 1.165) is 16.7 Å². The summed E-state index contributed by atoms with van der Waals surface area (Å²) in [5, 5.41) is 11.3. The molecule has 0 spiro atoms. The fourth-order valence-corrected chi connectivity index (χ4v) is 11.4. The molecule has 9 rings (SSSR count). The van der Waals surface area contributed by atoms with Gasteiger partial charge < -0.3 is 45.9 Å². The zero-order valence-corrected chi connectivity index (χ0v) is 45.0. The number of hydrogen-bond donors (Lipinski definition) is 8. The number of fused-ring (bicyclic) bond motifs is 3. The molecule has 9 N–H and O–H groups in total. The maximum absolute atomic E-state index is 15.0. The molecule has 1 aromatic heterocycles. The number of unbranched alkanes of at least 4 members (excludes halogenated alkanes) is 3. The van der Waals surface area contributed by atoms with Gasteiger partial charge in [0.25, 0.3) is 11.8 Å². The fourth-order valence-electron chi connectivity index (χ4n) is 11.0. The average Bonchev–Trinajstić information content (AvgIpc) is 4.18. The van der Waals surface area contributed by atoms with Gasteiger partial charge in [-0.25, -0.2) is 4.57 Å². The zero-order chi connectivity index (χ0) is 57.4. The Morgan fingerprint density at radius 3 is 2.27 bits per heavy atom. The highest BCUT2D eigenvalue weighted by Gasteiger charge is 2.46. The molecule has 3 saturated heterocycles. The number of nitrogens with zero attached hydrogens (tertiary/aromatic N) is 3. The number of carbonyl (C=O) groups is 9. The minimum atomic E-state index is -4.90.